The van der Waals surface area contributed by atoms with Gasteiger partial charge in [-0.1, -0.05) is 13.3 Å². The molecule has 0 spiro atoms. The van der Waals surface area contributed by atoms with Crippen LogP contribution in [0.2, 0.25) is 0 Å². The number of nitrogens with zero attached hydrogens (tertiary/aromatic N) is 1. The lowest BCUT2D eigenvalue weighted by molar-refractivity contribution is 0.250. The Morgan fingerprint density at radius 2 is 2.05 bits per heavy atom. The van der Waals surface area contributed by atoms with Crippen LogP contribution in [0.15, 0.2) is 17.0 Å². The van der Waals surface area contributed by atoms with Crippen LogP contribution in [0.25, 0.3) is 0 Å². The zero-order valence-electron chi connectivity index (χ0n) is 11.9. The van der Waals surface area contributed by atoms with Crippen molar-refractivity contribution in [2.45, 2.75) is 38.0 Å². The predicted molar refractivity (Wildman–Crippen MR) is 77.3 cm³/mol. The average Bonchev–Trinajstić information content (AvgIpc) is 2.32. The first kappa shape index (κ1) is 15.3. The Balaban J connectivity index is 2.34. The third kappa shape index (κ3) is 2.81. The Labute approximate surface area is 119 Å². The van der Waals surface area contributed by atoms with Gasteiger partial charge in [0.25, 0.3) is 0 Å². The van der Waals surface area contributed by atoms with E-state index >= 15 is 0 Å². The molecule has 1 aromatic carbocycles. The summed E-state index contributed by atoms with van der Waals surface area (Å²) in [7, 11) is -3.61. The summed E-state index contributed by atoms with van der Waals surface area (Å²) in [6, 6.07) is 2.41. The van der Waals surface area contributed by atoms with Gasteiger partial charge in [-0.05, 0) is 43.4 Å². The van der Waals surface area contributed by atoms with Crippen LogP contribution in [-0.4, -0.2) is 25.8 Å². The molecule has 0 aliphatic heterocycles. The Kier molecular flexibility index (Phi) is 4.34. The molecule has 0 radical (unpaired) electrons. The number of hydrogen-bond donors (Lipinski definition) is 1. The van der Waals surface area contributed by atoms with E-state index in [4.69, 9.17) is 5.73 Å². The first-order valence-electron chi connectivity index (χ1n) is 6.92. The van der Waals surface area contributed by atoms with E-state index in [0.717, 1.165) is 12.8 Å². The molecule has 20 heavy (non-hydrogen) atoms. The maximum absolute atomic E-state index is 13.4. The highest BCUT2D eigenvalue weighted by Crippen LogP contribution is 2.30. The van der Waals surface area contributed by atoms with E-state index < -0.39 is 15.8 Å². The molecule has 0 saturated heterocycles. The van der Waals surface area contributed by atoms with E-state index in [1.807, 2.05) is 6.92 Å². The summed E-state index contributed by atoms with van der Waals surface area (Å²) in [6.07, 6.45) is 3.33. The van der Waals surface area contributed by atoms with Gasteiger partial charge < -0.3 is 5.73 Å². The number of sulfonamides is 1. The maximum atomic E-state index is 13.4. The van der Waals surface area contributed by atoms with Crippen LogP contribution in [0.4, 0.5) is 10.1 Å². The van der Waals surface area contributed by atoms with Crippen molar-refractivity contribution in [1.29, 1.82) is 0 Å². The molecule has 4 nitrogen and oxygen atoms in total. The summed E-state index contributed by atoms with van der Waals surface area (Å²) in [4.78, 5) is 0.109. The lowest BCUT2D eigenvalue weighted by Gasteiger charge is -2.31. The third-order valence-corrected chi connectivity index (χ3v) is 6.03. The zero-order chi connectivity index (χ0) is 14.9. The van der Waals surface area contributed by atoms with Crippen molar-refractivity contribution in [3.05, 3.63) is 23.5 Å². The lowest BCUT2D eigenvalue weighted by Crippen LogP contribution is -2.37. The summed E-state index contributed by atoms with van der Waals surface area (Å²) >= 11 is 0. The van der Waals surface area contributed by atoms with Gasteiger partial charge in [0.1, 0.15) is 5.82 Å². The van der Waals surface area contributed by atoms with E-state index in [1.165, 1.54) is 22.9 Å². The SMILES string of the molecule is CCN(CC1CCC1)S(=O)(=O)c1cc(N)c(F)cc1C. The van der Waals surface area contributed by atoms with Crippen LogP contribution >= 0.6 is 0 Å². The zero-order valence-corrected chi connectivity index (χ0v) is 12.7. The number of benzene rings is 1. The standard InChI is InChI=1S/C14H21FN2O2S/c1-3-17(9-11-5-4-6-11)20(18,19)14-8-13(16)12(15)7-10(14)2/h7-8,11H,3-6,9,16H2,1-2H3. The molecule has 0 unspecified atom stereocenters. The minimum absolute atomic E-state index is 0.109. The molecule has 1 aliphatic carbocycles. The molecule has 0 heterocycles. The largest absolute Gasteiger partial charge is 0.396 e. The number of nitrogen functional groups attached to an aromatic ring is 1. The first-order chi connectivity index (χ1) is 9.36. The molecule has 112 valence electrons. The average molecular weight is 300 g/mol. The number of nitrogens with two attached hydrogens (primary N) is 1. The highest BCUT2D eigenvalue weighted by atomic mass is 32.2. The van der Waals surface area contributed by atoms with E-state index in [9.17, 15) is 12.8 Å². The van der Waals surface area contributed by atoms with E-state index in [-0.39, 0.29) is 10.6 Å². The smallest absolute Gasteiger partial charge is 0.243 e. The number of halogens is 1. The minimum atomic E-state index is -3.61. The summed E-state index contributed by atoms with van der Waals surface area (Å²) in [6.45, 7) is 4.36. The van der Waals surface area contributed by atoms with Gasteiger partial charge in [0.05, 0.1) is 10.6 Å². The molecule has 6 heteroatoms. The quantitative estimate of drug-likeness (QED) is 0.850. The number of hydrogen-bond acceptors (Lipinski definition) is 3. The highest BCUT2D eigenvalue weighted by Gasteiger charge is 2.30. The molecule has 0 bridgehead atoms. The second kappa shape index (κ2) is 5.69. The molecule has 0 aromatic heterocycles. The summed E-state index contributed by atoms with van der Waals surface area (Å²) in [5, 5.41) is 0. The van der Waals surface area contributed by atoms with Crippen molar-refractivity contribution < 1.29 is 12.8 Å². The Morgan fingerprint density at radius 3 is 2.55 bits per heavy atom. The van der Waals surface area contributed by atoms with Crippen LogP contribution < -0.4 is 5.73 Å². The van der Waals surface area contributed by atoms with E-state index in [1.54, 1.807) is 6.92 Å². The van der Waals surface area contributed by atoms with Crippen molar-refractivity contribution in [2.75, 3.05) is 18.8 Å². The monoisotopic (exact) mass is 300 g/mol. The molecule has 1 aliphatic rings. The lowest BCUT2D eigenvalue weighted by atomic mass is 9.85. The Morgan fingerprint density at radius 1 is 1.40 bits per heavy atom. The van der Waals surface area contributed by atoms with Crippen LogP contribution in [0.3, 0.4) is 0 Å². The van der Waals surface area contributed by atoms with Gasteiger partial charge in [-0.3, -0.25) is 0 Å². The van der Waals surface area contributed by atoms with Crippen LogP contribution in [-0.2, 0) is 10.0 Å². The summed E-state index contributed by atoms with van der Waals surface area (Å²) in [5.74, 6) is -0.133. The van der Waals surface area contributed by atoms with E-state index in [2.05, 4.69) is 0 Å². The van der Waals surface area contributed by atoms with Crippen molar-refractivity contribution in [3.8, 4) is 0 Å². The van der Waals surface area contributed by atoms with Gasteiger partial charge >= 0.3 is 0 Å². The highest BCUT2D eigenvalue weighted by molar-refractivity contribution is 7.89. The van der Waals surface area contributed by atoms with Crippen molar-refractivity contribution in [3.63, 3.8) is 0 Å². The van der Waals surface area contributed by atoms with Crippen LogP contribution in [0.5, 0.6) is 0 Å². The molecule has 1 saturated carbocycles. The molecule has 2 rings (SSSR count). The van der Waals surface area contributed by atoms with Gasteiger partial charge in [0, 0.05) is 13.1 Å². The fourth-order valence-corrected chi connectivity index (χ4v) is 4.21. The second-order valence-electron chi connectivity index (χ2n) is 5.39. The molecule has 1 aromatic rings. The van der Waals surface area contributed by atoms with Gasteiger partial charge in [0.2, 0.25) is 10.0 Å². The Hall–Kier alpha value is -1.14. The normalized spacial score (nSPS) is 16.4. The topological polar surface area (TPSA) is 63.4 Å². The third-order valence-electron chi connectivity index (χ3n) is 3.95. The van der Waals surface area contributed by atoms with Crippen molar-refractivity contribution in [1.82, 2.24) is 4.31 Å². The van der Waals surface area contributed by atoms with E-state index in [0.29, 0.717) is 24.6 Å². The maximum Gasteiger partial charge on any atom is 0.243 e. The fraction of sp³-hybridized carbons (Fsp3) is 0.571. The molecular weight excluding hydrogens is 279 g/mol. The summed E-state index contributed by atoms with van der Waals surface area (Å²) in [5.41, 5.74) is 5.77. The Bertz CT molecular complexity index is 597. The van der Waals surface area contributed by atoms with Gasteiger partial charge in [-0.25, -0.2) is 12.8 Å². The molecule has 1 fully saturated rings. The number of aryl methyl sites for hydroxylation is 1. The molecule has 0 amide bonds. The molecular formula is C14H21FN2O2S. The molecule has 0 atom stereocenters. The minimum Gasteiger partial charge on any atom is -0.396 e. The van der Waals surface area contributed by atoms with Crippen molar-refractivity contribution in [2.24, 2.45) is 5.92 Å². The van der Waals surface area contributed by atoms with Crippen molar-refractivity contribution >= 4 is 15.7 Å². The predicted octanol–water partition coefficient (Wildman–Crippen LogP) is 2.53. The second-order valence-corrected chi connectivity index (χ2v) is 7.30. The fourth-order valence-electron chi connectivity index (χ4n) is 2.45. The van der Waals surface area contributed by atoms with Gasteiger partial charge in [-0.15, -0.1) is 0 Å². The van der Waals surface area contributed by atoms with Crippen LogP contribution in [0, 0.1) is 18.7 Å². The number of rotatable bonds is 5. The first-order valence-corrected chi connectivity index (χ1v) is 8.36. The van der Waals surface area contributed by atoms with Gasteiger partial charge in [-0.2, -0.15) is 4.31 Å². The van der Waals surface area contributed by atoms with Gasteiger partial charge in [0.15, 0.2) is 0 Å². The molecule has 2 N–H and O–H groups in total. The van der Waals surface area contributed by atoms with Crippen LogP contribution in [0.1, 0.15) is 31.7 Å². The number of anilines is 1. The summed E-state index contributed by atoms with van der Waals surface area (Å²) < 4.78 is 40.2.